The lowest BCUT2D eigenvalue weighted by Crippen LogP contribution is -1.91. The molecule has 0 unspecified atom stereocenters. The Morgan fingerprint density at radius 3 is 1.41 bits per heavy atom. The maximum Gasteiger partial charge on any atom is 0.0434 e. The monoisotopic (exact) mass is 762 g/mol. The SMILES string of the molecule is c1ccc(-c2ccc3c4c(cccc24)-c2ccccc2-3)c(-c2ccc(-c3c4ccccc4c(-c4cccc5c4sc4ccc6ccccc6c45)c4ccccc34)cc2)c1. The van der Waals surface area contributed by atoms with Gasteiger partial charge < -0.3 is 0 Å². The molecule has 0 aliphatic heterocycles. The van der Waals surface area contributed by atoms with Gasteiger partial charge in [0.25, 0.3) is 0 Å². The summed E-state index contributed by atoms with van der Waals surface area (Å²) in [7, 11) is 0. The number of rotatable bonds is 4. The van der Waals surface area contributed by atoms with Gasteiger partial charge in [0, 0.05) is 25.7 Å². The average Bonchev–Trinajstić information content (AvgIpc) is 3.86. The fourth-order valence-corrected chi connectivity index (χ4v) is 11.6. The summed E-state index contributed by atoms with van der Waals surface area (Å²) in [6.07, 6.45) is 0. The van der Waals surface area contributed by atoms with Crippen LogP contribution in [0.2, 0.25) is 0 Å². The van der Waals surface area contributed by atoms with Gasteiger partial charge in [-0.25, -0.2) is 0 Å². The van der Waals surface area contributed by atoms with Gasteiger partial charge in [-0.05, 0) is 110 Å². The molecule has 12 aromatic rings. The van der Waals surface area contributed by atoms with E-state index in [4.69, 9.17) is 0 Å². The zero-order valence-electron chi connectivity index (χ0n) is 32.0. The van der Waals surface area contributed by atoms with E-state index in [2.05, 4.69) is 206 Å². The summed E-state index contributed by atoms with van der Waals surface area (Å²) >= 11 is 1.92. The maximum atomic E-state index is 2.34. The van der Waals surface area contributed by atoms with E-state index in [1.165, 1.54) is 130 Å². The van der Waals surface area contributed by atoms with Crippen molar-refractivity contribution < 1.29 is 0 Å². The van der Waals surface area contributed by atoms with Gasteiger partial charge in [0.1, 0.15) is 0 Å². The summed E-state index contributed by atoms with van der Waals surface area (Å²) in [5.41, 5.74) is 15.4. The molecular weight excluding hydrogens is 729 g/mol. The van der Waals surface area contributed by atoms with Crippen LogP contribution in [0.1, 0.15) is 0 Å². The lowest BCUT2D eigenvalue weighted by molar-refractivity contribution is 1.59. The van der Waals surface area contributed by atoms with Gasteiger partial charge in [0.15, 0.2) is 0 Å². The molecule has 1 heteroatoms. The number of benzene rings is 11. The molecule has 1 aliphatic carbocycles. The Bertz CT molecular complexity index is 3630. The third-order valence-corrected chi connectivity index (χ3v) is 14.0. The number of fused-ring (bicyclic) bond motifs is 10. The zero-order valence-corrected chi connectivity index (χ0v) is 32.9. The quantitative estimate of drug-likeness (QED) is 0.157. The summed E-state index contributed by atoms with van der Waals surface area (Å²) in [5, 5.41) is 13.0. The highest BCUT2D eigenvalue weighted by Crippen LogP contribution is 2.51. The molecular formula is C58H34S. The van der Waals surface area contributed by atoms with Gasteiger partial charge in [-0.1, -0.05) is 200 Å². The van der Waals surface area contributed by atoms with Crippen LogP contribution < -0.4 is 0 Å². The highest BCUT2D eigenvalue weighted by atomic mass is 32.1. The van der Waals surface area contributed by atoms with Crippen molar-refractivity contribution >= 4 is 74.6 Å². The van der Waals surface area contributed by atoms with Crippen LogP contribution in [-0.4, -0.2) is 0 Å². The second-order valence-electron chi connectivity index (χ2n) is 15.8. The molecule has 1 heterocycles. The van der Waals surface area contributed by atoms with Crippen molar-refractivity contribution in [1.29, 1.82) is 0 Å². The molecule has 0 radical (unpaired) electrons. The van der Waals surface area contributed by atoms with E-state index in [9.17, 15) is 0 Å². The molecule has 0 N–H and O–H groups in total. The van der Waals surface area contributed by atoms with Crippen molar-refractivity contribution in [2.24, 2.45) is 0 Å². The van der Waals surface area contributed by atoms with E-state index in [1.54, 1.807) is 0 Å². The molecule has 11 aromatic carbocycles. The first-order chi connectivity index (χ1) is 29.3. The van der Waals surface area contributed by atoms with Gasteiger partial charge in [-0.3, -0.25) is 0 Å². The first kappa shape index (κ1) is 32.7. The van der Waals surface area contributed by atoms with E-state index in [0.29, 0.717) is 0 Å². The molecule has 0 spiro atoms. The van der Waals surface area contributed by atoms with E-state index in [1.807, 2.05) is 11.3 Å². The minimum atomic E-state index is 1.21. The summed E-state index contributed by atoms with van der Waals surface area (Å²) in [6, 6.07) is 76.8. The standard InChI is InChI=1S/C58H34S/c1-2-15-39-35(13-1)31-34-53-57(39)52-26-12-25-51(58(52)59-53)56-48-21-9-7-19-46(48)54(47-20-8-10-22-49(47)56)37-29-27-36(28-30-37)38-14-3-4-16-40(38)43-32-33-50-42-18-6-5-17-41(42)44-23-11-24-45(43)55(44)50/h1-34H. The molecule has 0 saturated carbocycles. The van der Waals surface area contributed by atoms with E-state index >= 15 is 0 Å². The molecule has 0 saturated heterocycles. The van der Waals surface area contributed by atoms with Crippen LogP contribution in [0.5, 0.6) is 0 Å². The normalized spacial score (nSPS) is 12.1. The van der Waals surface area contributed by atoms with Gasteiger partial charge in [0.2, 0.25) is 0 Å². The Hall–Kier alpha value is -7.32. The minimum Gasteiger partial charge on any atom is -0.135 e. The van der Waals surface area contributed by atoms with Crippen molar-refractivity contribution in [3.8, 4) is 66.8 Å². The predicted molar refractivity (Wildman–Crippen MR) is 256 cm³/mol. The maximum absolute atomic E-state index is 2.34. The van der Waals surface area contributed by atoms with Crippen molar-refractivity contribution in [1.82, 2.24) is 0 Å². The predicted octanol–water partition coefficient (Wildman–Crippen LogP) is 17.0. The number of hydrogen-bond acceptors (Lipinski definition) is 1. The van der Waals surface area contributed by atoms with Gasteiger partial charge in [-0.2, -0.15) is 0 Å². The van der Waals surface area contributed by atoms with Crippen molar-refractivity contribution in [3.63, 3.8) is 0 Å². The number of thiophene rings is 1. The lowest BCUT2D eigenvalue weighted by Gasteiger charge is -2.18. The van der Waals surface area contributed by atoms with Gasteiger partial charge in [0.05, 0.1) is 0 Å². The second-order valence-corrected chi connectivity index (χ2v) is 16.9. The minimum absolute atomic E-state index is 1.21. The van der Waals surface area contributed by atoms with E-state index < -0.39 is 0 Å². The largest absolute Gasteiger partial charge is 0.135 e. The Labute approximate surface area is 345 Å². The third-order valence-electron chi connectivity index (χ3n) is 12.8. The van der Waals surface area contributed by atoms with Crippen LogP contribution in [0.15, 0.2) is 206 Å². The van der Waals surface area contributed by atoms with Crippen LogP contribution in [0.3, 0.4) is 0 Å². The van der Waals surface area contributed by atoms with Crippen molar-refractivity contribution in [3.05, 3.63) is 206 Å². The third kappa shape index (κ3) is 4.71. The fourth-order valence-electron chi connectivity index (χ4n) is 10.3. The summed E-state index contributed by atoms with van der Waals surface area (Å²) < 4.78 is 2.67. The molecule has 0 nitrogen and oxygen atoms in total. The van der Waals surface area contributed by atoms with E-state index in [0.717, 1.165) is 0 Å². The molecule has 1 aromatic heterocycles. The molecule has 1 aliphatic rings. The van der Waals surface area contributed by atoms with Crippen LogP contribution in [0, 0.1) is 0 Å². The molecule has 59 heavy (non-hydrogen) atoms. The zero-order chi connectivity index (χ0) is 38.6. The smallest absolute Gasteiger partial charge is 0.0434 e. The average molecular weight is 763 g/mol. The lowest BCUT2D eigenvalue weighted by atomic mass is 9.85. The molecule has 0 bridgehead atoms. The van der Waals surface area contributed by atoms with Crippen LogP contribution >= 0.6 is 11.3 Å². The Balaban J connectivity index is 0.975. The molecule has 0 fully saturated rings. The summed E-state index contributed by atoms with van der Waals surface area (Å²) in [4.78, 5) is 0. The van der Waals surface area contributed by atoms with Gasteiger partial charge in [-0.15, -0.1) is 11.3 Å². The molecule has 0 atom stereocenters. The van der Waals surface area contributed by atoms with Crippen molar-refractivity contribution in [2.75, 3.05) is 0 Å². The molecule has 272 valence electrons. The second kappa shape index (κ2) is 12.6. The first-order valence-electron chi connectivity index (χ1n) is 20.4. The fraction of sp³-hybridized carbons (Fsp3) is 0. The highest BCUT2D eigenvalue weighted by Gasteiger charge is 2.24. The summed E-state index contributed by atoms with van der Waals surface area (Å²) in [5.74, 6) is 0. The highest BCUT2D eigenvalue weighted by molar-refractivity contribution is 7.26. The number of hydrogen-bond donors (Lipinski definition) is 0. The summed E-state index contributed by atoms with van der Waals surface area (Å²) in [6.45, 7) is 0. The molecule has 0 amide bonds. The van der Waals surface area contributed by atoms with Crippen LogP contribution in [-0.2, 0) is 0 Å². The van der Waals surface area contributed by atoms with Crippen LogP contribution in [0.4, 0.5) is 0 Å². The van der Waals surface area contributed by atoms with Crippen LogP contribution in [0.25, 0.3) is 130 Å². The first-order valence-corrected chi connectivity index (χ1v) is 21.2. The molecule has 13 rings (SSSR count). The Morgan fingerprint density at radius 1 is 0.237 bits per heavy atom. The van der Waals surface area contributed by atoms with E-state index in [-0.39, 0.29) is 0 Å². The Kier molecular flexibility index (Phi) is 6.98. The topological polar surface area (TPSA) is 0 Å². The van der Waals surface area contributed by atoms with Crippen molar-refractivity contribution in [2.45, 2.75) is 0 Å². The van der Waals surface area contributed by atoms with Gasteiger partial charge >= 0.3 is 0 Å². The Morgan fingerprint density at radius 2 is 0.712 bits per heavy atom.